The highest BCUT2D eigenvalue weighted by Gasteiger charge is 2.47. The Morgan fingerprint density at radius 1 is 1.39 bits per heavy atom. The molecular formula is C17H18N8O3. The molecule has 2 fully saturated rings. The molecule has 0 aromatic carbocycles. The summed E-state index contributed by atoms with van der Waals surface area (Å²) in [4.78, 5) is 33.7. The predicted molar refractivity (Wildman–Crippen MR) is 96.1 cm³/mol. The predicted octanol–water partition coefficient (Wildman–Crippen LogP) is -0.227. The van der Waals surface area contributed by atoms with Gasteiger partial charge >= 0.3 is 0 Å². The van der Waals surface area contributed by atoms with E-state index in [0.717, 1.165) is 6.42 Å². The number of rotatable bonds is 5. The Bertz CT molecular complexity index is 992. The van der Waals surface area contributed by atoms with Crippen molar-refractivity contribution in [2.45, 2.75) is 36.8 Å². The van der Waals surface area contributed by atoms with Crippen LogP contribution in [0.25, 0.3) is 0 Å². The van der Waals surface area contributed by atoms with Crippen LogP contribution in [-0.2, 0) is 15.1 Å². The van der Waals surface area contributed by atoms with Gasteiger partial charge in [-0.15, -0.1) is 0 Å². The SMILES string of the molecule is N#C[C@@]1(O)CCN(c2ccnc(Nc3cnn(C4(C(N)=O)CCC4)c3)n2)C1=O. The fourth-order valence-corrected chi connectivity index (χ4v) is 3.44. The lowest BCUT2D eigenvalue weighted by Gasteiger charge is -2.38. The number of nitrogens with zero attached hydrogens (tertiary/aromatic N) is 6. The van der Waals surface area contributed by atoms with E-state index in [1.54, 1.807) is 16.9 Å². The first-order valence-corrected chi connectivity index (χ1v) is 8.79. The molecule has 1 atom stereocenters. The zero-order valence-electron chi connectivity index (χ0n) is 14.9. The number of hydrogen-bond donors (Lipinski definition) is 3. The van der Waals surface area contributed by atoms with Gasteiger partial charge in [-0.05, 0) is 25.3 Å². The summed E-state index contributed by atoms with van der Waals surface area (Å²) in [5, 5.41) is 26.2. The van der Waals surface area contributed by atoms with E-state index in [9.17, 15) is 14.7 Å². The third-order valence-corrected chi connectivity index (χ3v) is 5.32. The molecule has 0 spiro atoms. The third-order valence-electron chi connectivity index (χ3n) is 5.32. The van der Waals surface area contributed by atoms with E-state index in [-0.39, 0.29) is 24.7 Å². The maximum Gasteiger partial charge on any atom is 0.275 e. The van der Waals surface area contributed by atoms with Gasteiger partial charge in [0, 0.05) is 25.4 Å². The number of nitriles is 1. The normalized spacial score (nSPS) is 23.1. The molecule has 28 heavy (non-hydrogen) atoms. The van der Waals surface area contributed by atoms with E-state index < -0.39 is 23.0 Å². The van der Waals surface area contributed by atoms with Crippen LogP contribution >= 0.6 is 0 Å². The molecule has 2 aromatic rings. The summed E-state index contributed by atoms with van der Waals surface area (Å²) < 4.78 is 1.56. The molecule has 4 N–H and O–H groups in total. The number of carbonyl (C=O) groups is 2. The summed E-state index contributed by atoms with van der Waals surface area (Å²) in [7, 11) is 0. The highest BCUT2D eigenvalue weighted by Crippen LogP contribution is 2.39. The van der Waals surface area contributed by atoms with E-state index in [1.165, 1.54) is 23.4 Å². The molecule has 1 aliphatic heterocycles. The number of primary amides is 1. The summed E-state index contributed by atoms with van der Waals surface area (Å²) in [6.45, 7) is 0.179. The molecule has 2 aromatic heterocycles. The minimum absolute atomic E-state index is 0.0110. The Morgan fingerprint density at radius 3 is 2.79 bits per heavy atom. The second-order valence-electron chi connectivity index (χ2n) is 6.97. The molecule has 1 aliphatic carbocycles. The van der Waals surface area contributed by atoms with Crippen molar-refractivity contribution in [3.63, 3.8) is 0 Å². The molecule has 2 aliphatic rings. The van der Waals surface area contributed by atoms with Gasteiger partial charge in [0.05, 0.1) is 11.9 Å². The number of carbonyl (C=O) groups excluding carboxylic acids is 2. The number of amides is 2. The van der Waals surface area contributed by atoms with Crippen LogP contribution in [0, 0.1) is 11.3 Å². The maximum atomic E-state index is 12.3. The van der Waals surface area contributed by atoms with Crippen LogP contribution in [0.4, 0.5) is 17.5 Å². The van der Waals surface area contributed by atoms with Gasteiger partial charge in [-0.2, -0.15) is 15.3 Å². The average molecular weight is 382 g/mol. The van der Waals surface area contributed by atoms with E-state index in [4.69, 9.17) is 11.0 Å². The Hall–Kier alpha value is -3.52. The Kier molecular flexibility index (Phi) is 4.01. The number of aromatic nitrogens is 4. The highest BCUT2D eigenvalue weighted by molar-refractivity contribution is 6.03. The third kappa shape index (κ3) is 2.66. The Labute approximate surface area is 159 Å². The average Bonchev–Trinajstić information content (AvgIpc) is 3.20. The molecule has 0 unspecified atom stereocenters. The van der Waals surface area contributed by atoms with Crippen LogP contribution in [0.3, 0.4) is 0 Å². The number of aliphatic hydroxyl groups is 1. The topological polar surface area (TPSA) is 163 Å². The summed E-state index contributed by atoms with van der Waals surface area (Å²) in [6.07, 6.45) is 6.88. The van der Waals surface area contributed by atoms with E-state index in [2.05, 4.69) is 20.4 Å². The second kappa shape index (κ2) is 6.28. The lowest BCUT2D eigenvalue weighted by molar-refractivity contribution is -0.131. The van der Waals surface area contributed by atoms with Gasteiger partial charge in [-0.25, -0.2) is 4.98 Å². The van der Waals surface area contributed by atoms with Crippen molar-refractivity contribution in [2.24, 2.45) is 5.73 Å². The Balaban J connectivity index is 1.53. The van der Waals surface area contributed by atoms with E-state index >= 15 is 0 Å². The quantitative estimate of drug-likeness (QED) is 0.597. The van der Waals surface area contributed by atoms with Crippen molar-refractivity contribution in [3.8, 4) is 6.07 Å². The lowest BCUT2D eigenvalue weighted by atomic mass is 9.76. The molecule has 0 bridgehead atoms. The number of nitrogens with one attached hydrogen (secondary N) is 1. The maximum absolute atomic E-state index is 12.3. The number of anilines is 3. The van der Waals surface area contributed by atoms with Crippen LogP contribution in [0.15, 0.2) is 24.7 Å². The summed E-state index contributed by atoms with van der Waals surface area (Å²) in [5.74, 6) is -0.641. The van der Waals surface area contributed by atoms with Crippen molar-refractivity contribution in [3.05, 3.63) is 24.7 Å². The molecule has 4 rings (SSSR count). The Morgan fingerprint density at radius 2 is 2.18 bits per heavy atom. The van der Waals surface area contributed by atoms with Crippen molar-refractivity contribution < 1.29 is 14.7 Å². The lowest BCUT2D eigenvalue weighted by Crippen LogP contribution is -2.51. The first kappa shape index (κ1) is 17.9. The monoisotopic (exact) mass is 382 g/mol. The molecule has 1 saturated carbocycles. The minimum atomic E-state index is -2.02. The second-order valence-corrected chi connectivity index (χ2v) is 6.97. The van der Waals surface area contributed by atoms with Crippen LogP contribution in [0.5, 0.6) is 0 Å². The van der Waals surface area contributed by atoms with Gasteiger partial charge < -0.3 is 16.2 Å². The van der Waals surface area contributed by atoms with E-state index in [1.807, 2.05) is 0 Å². The van der Waals surface area contributed by atoms with Crippen molar-refractivity contribution in [1.82, 2.24) is 19.7 Å². The van der Waals surface area contributed by atoms with Crippen LogP contribution in [0.1, 0.15) is 25.7 Å². The van der Waals surface area contributed by atoms with Gasteiger partial charge in [-0.1, -0.05) is 0 Å². The van der Waals surface area contributed by atoms with Crippen molar-refractivity contribution in [1.29, 1.82) is 5.26 Å². The number of nitrogens with two attached hydrogens (primary N) is 1. The van der Waals surface area contributed by atoms with Gasteiger partial charge in [0.15, 0.2) is 0 Å². The fraction of sp³-hybridized carbons (Fsp3) is 0.412. The van der Waals surface area contributed by atoms with E-state index in [0.29, 0.717) is 18.5 Å². The molecule has 2 amide bonds. The molecule has 1 saturated heterocycles. The molecule has 11 heteroatoms. The molecular weight excluding hydrogens is 364 g/mol. The van der Waals surface area contributed by atoms with Crippen LogP contribution in [-0.4, -0.2) is 48.8 Å². The standard InChI is InChI=1S/C17H18N8O3/c18-10-17(28)5-7-24(14(17)27)12-2-6-20-15(23-12)22-11-8-21-25(9-11)16(13(19)26)3-1-4-16/h2,6,8-9,28H,1,3-5,7H2,(H2,19,26)(H,20,22,23)/t17-/m0/s1. The van der Waals surface area contributed by atoms with Gasteiger partial charge in [0.2, 0.25) is 17.5 Å². The molecule has 11 nitrogen and oxygen atoms in total. The van der Waals surface area contributed by atoms with Gasteiger partial charge in [0.25, 0.3) is 5.91 Å². The minimum Gasteiger partial charge on any atom is -0.368 e. The largest absolute Gasteiger partial charge is 0.368 e. The van der Waals surface area contributed by atoms with Gasteiger partial charge in [0.1, 0.15) is 17.4 Å². The first-order chi connectivity index (χ1) is 13.4. The fourth-order valence-electron chi connectivity index (χ4n) is 3.44. The summed E-state index contributed by atoms with van der Waals surface area (Å²) >= 11 is 0. The zero-order valence-corrected chi connectivity index (χ0v) is 14.9. The molecule has 144 valence electrons. The first-order valence-electron chi connectivity index (χ1n) is 8.79. The number of hydrogen-bond acceptors (Lipinski definition) is 8. The molecule has 3 heterocycles. The summed E-state index contributed by atoms with van der Waals surface area (Å²) in [5.41, 5.74) is 3.29. The summed E-state index contributed by atoms with van der Waals surface area (Å²) in [6, 6.07) is 3.16. The van der Waals surface area contributed by atoms with Crippen molar-refractivity contribution in [2.75, 3.05) is 16.8 Å². The van der Waals surface area contributed by atoms with Gasteiger partial charge in [-0.3, -0.25) is 19.2 Å². The van der Waals surface area contributed by atoms with Crippen LogP contribution in [0.2, 0.25) is 0 Å². The van der Waals surface area contributed by atoms with Crippen molar-refractivity contribution >= 4 is 29.3 Å². The highest BCUT2D eigenvalue weighted by atomic mass is 16.3. The zero-order chi connectivity index (χ0) is 19.9. The van der Waals surface area contributed by atoms with Crippen LogP contribution < -0.4 is 16.0 Å². The smallest absolute Gasteiger partial charge is 0.275 e. The molecule has 0 radical (unpaired) electrons.